The number of carbonyl (C=O) groups is 2. The summed E-state index contributed by atoms with van der Waals surface area (Å²) in [5.74, 6) is -1.13. The third kappa shape index (κ3) is 3.30. The molecule has 146 valence electrons. The van der Waals surface area contributed by atoms with Gasteiger partial charge in [0, 0.05) is 35.6 Å². The number of hydrogen-bond acceptors (Lipinski definition) is 4. The van der Waals surface area contributed by atoms with E-state index in [0.29, 0.717) is 13.1 Å². The number of nitrogens with one attached hydrogen (secondary N) is 1. The molecule has 3 aromatic rings. The molecule has 1 aromatic carbocycles. The third-order valence-electron chi connectivity index (χ3n) is 5.56. The van der Waals surface area contributed by atoms with Crippen LogP contribution in [0.15, 0.2) is 35.0 Å². The SMILES string of the molecule is COC(=O)[C@H]1CN(C(=O)Cc2c(C)[nH]c3ccc(F)cc23)C[C@H]1c1ccsc1. The highest BCUT2D eigenvalue weighted by Gasteiger charge is 2.41. The fraction of sp³-hybridized carbons (Fsp3) is 0.333. The van der Waals surface area contributed by atoms with Gasteiger partial charge in [0.2, 0.25) is 5.91 Å². The Kier molecular flexibility index (Phi) is 4.93. The van der Waals surface area contributed by atoms with Gasteiger partial charge in [-0.2, -0.15) is 11.3 Å². The number of ether oxygens (including phenoxy) is 1. The number of methoxy groups -OCH3 is 1. The van der Waals surface area contributed by atoms with Crippen LogP contribution in [0.5, 0.6) is 0 Å². The molecule has 5 nitrogen and oxygen atoms in total. The van der Waals surface area contributed by atoms with Gasteiger partial charge in [-0.25, -0.2) is 4.39 Å². The first-order valence-corrected chi connectivity index (χ1v) is 10.1. The predicted octanol–water partition coefficient (Wildman–Crippen LogP) is 3.63. The van der Waals surface area contributed by atoms with Gasteiger partial charge in [-0.05, 0) is 53.1 Å². The number of nitrogens with zero attached hydrogens (tertiary/aromatic N) is 1. The Bertz CT molecular complexity index is 1030. The first-order valence-electron chi connectivity index (χ1n) is 9.12. The number of aryl methyl sites for hydroxylation is 1. The molecule has 2 atom stereocenters. The number of H-pyrrole nitrogens is 1. The first kappa shape index (κ1) is 18.7. The fourth-order valence-electron chi connectivity index (χ4n) is 4.07. The number of likely N-dealkylation sites (tertiary alicyclic amines) is 1. The van der Waals surface area contributed by atoms with E-state index >= 15 is 0 Å². The molecule has 0 aliphatic carbocycles. The van der Waals surface area contributed by atoms with E-state index in [9.17, 15) is 14.0 Å². The minimum Gasteiger partial charge on any atom is -0.469 e. The van der Waals surface area contributed by atoms with Crippen molar-refractivity contribution >= 4 is 34.1 Å². The van der Waals surface area contributed by atoms with Crippen LogP contribution in [0.4, 0.5) is 4.39 Å². The van der Waals surface area contributed by atoms with E-state index in [0.717, 1.165) is 27.7 Å². The molecular weight excluding hydrogens is 379 g/mol. The molecule has 0 bridgehead atoms. The van der Waals surface area contributed by atoms with Crippen LogP contribution < -0.4 is 0 Å². The van der Waals surface area contributed by atoms with Crippen molar-refractivity contribution in [2.45, 2.75) is 19.3 Å². The average Bonchev–Trinajstić information content (AvgIpc) is 3.40. The quantitative estimate of drug-likeness (QED) is 0.680. The molecule has 7 heteroatoms. The lowest BCUT2D eigenvalue weighted by Crippen LogP contribution is -2.31. The van der Waals surface area contributed by atoms with E-state index in [1.165, 1.54) is 19.2 Å². The zero-order valence-corrected chi connectivity index (χ0v) is 16.5. The predicted molar refractivity (Wildman–Crippen MR) is 106 cm³/mol. The maximum absolute atomic E-state index is 13.7. The van der Waals surface area contributed by atoms with Crippen LogP contribution in [-0.2, 0) is 20.7 Å². The number of hydrogen-bond donors (Lipinski definition) is 1. The molecule has 0 radical (unpaired) electrons. The number of fused-ring (bicyclic) bond motifs is 1. The van der Waals surface area contributed by atoms with Gasteiger partial charge in [0.05, 0.1) is 19.4 Å². The van der Waals surface area contributed by atoms with Gasteiger partial charge >= 0.3 is 5.97 Å². The molecule has 4 rings (SSSR count). The van der Waals surface area contributed by atoms with Crippen molar-refractivity contribution < 1.29 is 18.7 Å². The van der Waals surface area contributed by atoms with Gasteiger partial charge in [0.25, 0.3) is 0 Å². The molecule has 1 aliphatic heterocycles. The Morgan fingerprint density at radius 3 is 2.86 bits per heavy atom. The lowest BCUT2D eigenvalue weighted by Gasteiger charge is -2.16. The molecular formula is C21H21FN2O3S. The summed E-state index contributed by atoms with van der Waals surface area (Å²) in [6.45, 7) is 2.70. The van der Waals surface area contributed by atoms with Crippen LogP contribution in [0.2, 0.25) is 0 Å². The van der Waals surface area contributed by atoms with Crippen molar-refractivity contribution in [1.82, 2.24) is 9.88 Å². The minimum atomic E-state index is -0.370. The molecule has 1 amide bonds. The second-order valence-electron chi connectivity index (χ2n) is 7.19. The average molecular weight is 400 g/mol. The standard InChI is InChI=1S/C21H21FN2O3S/c1-12-15(16-7-14(22)3-4-19(16)23-12)8-20(25)24-9-17(13-5-6-28-11-13)18(10-24)21(26)27-2/h3-7,11,17-18,23H,8-10H2,1-2H3/t17-,18-/m0/s1. The zero-order valence-electron chi connectivity index (χ0n) is 15.7. The number of aromatic nitrogens is 1. The molecule has 3 heterocycles. The van der Waals surface area contributed by atoms with Crippen LogP contribution >= 0.6 is 11.3 Å². The molecule has 2 aromatic heterocycles. The summed E-state index contributed by atoms with van der Waals surface area (Å²) in [6, 6.07) is 6.53. The Morgan fingerprint density at radius 2 is 2.14 bits per heavy atom. The maximum Gasteiger partial charge on any atom is 0.311 e. The van der Waals surface area contributed by atoms with Crippen molar-refractivity contribution in [2.75, 3.05) is 20.2 Å². The highest BCUT2D eigenvalue weighted by Crippen LogP contribution is 2.35. The number of rotatable bonds is 4. The van der Waals surface area contributed by atoms with Crippen molar-refractivity contribution in [1.29, 1.82) is 0 Å². The Balaban J connectivity index is 1.58. The van der Waals surface area contributed by atoms with Gasteiger partial charge in [0.1, 0.15) is 5.82 Å². The third-order valence-corrected chi connectivity index (χ3v) is 6.26. The van der Waals surface area contributed by atoms with E-state index in [4.69, 9.17) is 4.74 Å². The number of aromatic amines is 1. The van der Waals surface area contributed by atoms with E-state index < -0.39 is 0 Å². The van der Waals surface area contributed by atoms with Gasteiger partial charge < -0.3 is 14.6 Å². The zero-order chi connectivity index (χ0) is 19.8. The lowest BCUT2D eigenvalue weighted by molar-refractivity contribution is -0.145. The smallest absolute Gasteiger partial charge is 0.311 e. The van der Waals surface area contributed by atoms with E-state index in [-0.39, 0.29) is 36.0 Å². The molecule has 0 unspecified atom stereocenters. The van der Waals surface area contributed by atoms with Gasteiger partial charge in [0.15, 0.2) is 0 Å². The van der Waals surface area contributed by atoms with Gasteiger partial charge in [-0.3, -0.25) is 9.59 Å². The Morgan fingerprint density at radius 1 is 1.32 bits per heavy atom. The second-order valence-corrected chi connectivity index (χ2v) is 7.97. The van der Waals surface area contributed by atoms with Crippen molar-refractivity contribution in [3.05, 3.63) is 57.7 Å². The van der Waals surface area contributed by atoms with Crippen LogP contribution in [0, 0.1) is 18.7 Å². The topological polar surface area (TPSA) is 62.4 Å². The Labute approximate surface area is 166 Å². The van der Waals surface area contributed by atoms with Gasteiger partial charge in [-0.15, -0.1) is 0 Å². The number of halogens is 1. The summed E-state index contributed by atoms with van der Waals surface area (Å²) in [5.41, 5.74) is 3.52. The number of thiophene rings is 1. The molecule has 1 saturated heterocycles. The summed E-state index contributed by atoms with van der Waals surface area (Å²) in [4.78, 5) is 30.2. The summed E-state index contributed by atoms with van der Waals surface area (Å²) >= 11 is 1.57. The van der Waals surface area contributed by atoms with Crippen LogP contribution in [-0.4, -0.2) is 42.0 Å². The molecule has 28 heavy (non-hydrogen) atoms. The Hall–Kier alpha value is -2.67. The summed E-state index contributed by atoms with van der Waals surface area (Å²) in [6.07, 6.45) is 0.166. The molecule has 0 spiro atoms. The highest BCUT2D eigenvalue weighted by molar-refractivity contribution is 7.08. The van der Waals surface area contributed by atoms with Crippen LogP contribution in [0.1, 0.15) is 22.7 Å². The number of benzene rings is 1. The largest absolute Gasteiger partial charge is 0.469 e. The van der Waals surface area contributed by atoms with Crippen molar-refractivity contribution in [3.8, 4) is 0 Å². The molecule has 0 saturated carbocycles. The number of esters is 1. The lowest BCUT2D eigenvalue weighted by atomic mass is 9.91. The normalized spacial score (nSPS) is 19.3. The van der Waals surface area contributed by atoms with Crippen LogP contribution in [0.25, 0.3) is 10.9 Å². The van der Waals surface area contributed by atoms with Crippen LogP contribution in [0.3, 0.4) is 0 Å². The monoisotopic (exact) mass is 400 g/mol. The molecule has 1 fully saturated rings. The number of amides is 1. The fourth-order valence-corrected chi connectivity index (χ4v) is 4.79. The van der Waals surface area contributed by atoms with E-state index in [1.54, 1.807) is 22.3 Å². The van der Waals surface area contributed by atoms with Crippen molar-refractivity contribution in [2.24, 2.45) is 5.92 Å². The van der Waals surface area contributed by atoms with Crippen molar-refractivity contribution in [3.63, 3.8) is 0 Å². The number of carbonyl (C=O) groups excluding carboxylic acids is 2. The highest BCUT2D eigenvalue weighted by atomic mass is 32.1. The summed E-state index contributed by atoms with van der Waals surface area (Å²) < 4.78 is 18.7. The maximum atomic E-state index is 13.7. The first-order chi connectivity index (χ1) is 13.5. The van der Waals surface area contributed by atoms with Gasteiger partial charge in [-0.1, -0.05) is 0 Å². The molecule has 1 aliphatic rings. The van der Waals surface area contributed by atoms with E-state index in [1.807, 2.05) is 23.8 Å². The second kappa shape index (κ2) is 7.39. The minimum absolute atomic E-state index is 0.0656. The van der Waals surface area contributed by atoms with E-state index in [2.05, 4.69) is 4.98 Å². The molecule has 1 N–H and O–H groups in total. The summed E-state index contributed by atoms with van der Waals surface area (Å²) in [5, 5.41) is 4.71. The summed E-state index contributed by atoms with van der Waals surface area (Å²) in [7, 11) is 1.38.